The summed E-state index contributed by atoms with van der Waals surface area (Å²) in [4.78, 5) is 10.6. The molecule has 23 heavy (non-hydrogen) atoms. The van der Waals surface area contributed by atoms with Crippen molar-refractivity contribution in [3.05, 3.63) is 59.4 Å². The Labute approximate surface area is 138 Å². The molecule has 2 aromatic carbocycles. The minimum absolute atomic E-state index is 0.294. The molecule has 1 N–H and O–H groups in total. The van der Waals surface area contributed by atoms with Crippen molar-refractivity contribution in [2.24, 2.45) is 0 Å². The van der Waals surface area contributed by atoms with Crippen LogP contribution in [0.5, 0.6) is 0 Å². The molecule has 0 bridgehead atoms. The average molecular weight is 324 g/mol. The van der Waals surface area contributed by atoms with E-state index < -0.39 is 0 Å². The molecule has 0 radical (unpaired) electrons. The van der Waals surface area contributed by atoms with Crippen LogP contribution < -0.4 is 4.90 Å². The third kappa shape index (κ3) is 2.73. The molecule has 0 spiro atoms. The molecule has 0 aliphatic heterocycles. The van der Waals surface area contributed by atoms with Gasteiger partial charge in [0.1, 0.15) is 11.6 Å². The van der Waals surface area contributed by atoms with E-state index in [1.807, 2.05) is 30.3 Å². The first-order valence-electron chi connectivity index (χ1n) is 7.73. The van der Waals surface area contributed by atoms with Gasteiger partial charge in [0, 0.05) is 0 Å². The molecule has 2 aromatic heterocycles. The summed E-state index contributed by atoms with van der Waals surface area (Å²) in [6, 6.07) is 16.5. The Hall–Kier alpha value is -2.24. The Balaban J connectivity index is 1.56. The van der Waals surface area contributed by atoms with Crippen LogP contribution in [0.15, 0.2) is 52.9 Å². The Bertz CT molecular complexity index is 893. The van der Waals surface area contributed by atoms with E-state index in [1.165, 1.54) is 9.60 Å². The normalized spacial score (nSPS) is 14.3. The molecule has 0 fully saturated rings. The van der Waals surface area contributed by atoms with Crippen molar-refractivity contribution in [3.8, 4) is 0 Å². The van der Waals surface area contributed by atoms with Crippen LogP contribution in [-0.4, -0.2) is 17.0 Å². The number of fused-ring (bicyclic) bond motifs is 2. The lowest BCUT2D eigenvalue weighted by molar-refractivity contribution is -0.925. The lowest BCUT2D eigenvalue weighted by Gasteiger charge is -2.18. The Morgan fingerprint density at radius 1 is 1.04 bits per heavy atom. The monoisotopic (exact) mass is 324 g/mol. The summed E-state index contributed by atoms with van der Waals surface area (Å²) in [5.74, 6) is 0.775. The number of rotatable bonds is 4. The number of hydrogen-bond acceptors (Lipinski definition) is 4. The van der Waals surface area contributed by atoms with E-state index in [4.69, 9.17) is 9.40 Å². The standard InChI is InChI=1S/C18H17N3OS/c1-12(18-20-14-8-4-6-10-16(14)23-18)21(2)11-17-19-13-7-3-5-9-15(13)22-17/h3-10,12H,11H2,1-2H3/p+1/t12-/m0/s1. The Kier molecular flexibility index (Phi) is 3.59. The number of nitrogens with zero attached hydrogens (tertiary/aromatic N) is 2. The first-order chi connectivity index (χ1) is 11.2. The molecule has 0 aliphatic rings. The van der Waals surface area contributed by atoms with Gasteiger partial charge >= 0.3 is 0 Å². The van der Waals surface area contributed by atoms with Gasteiger partial charge in [-0.1, -0.05) is 24.3 Å². The molecule has 0 aliphatic carbocycles. The molecule has 116 valence electrons. The first kappa shape index (κ1) is 14.4. The van der Waals surface area contributed by atoms with Crippen molar-refractivity contribution in [2.45, 2.75) is 19.5 Å². The highest BCUT2D eigenvalue weighted by Crippen LogP contribution is 2.25. The molecule has 5 heteroatoms. The second-order valence-corrected chi connectivity index (χ2v) is 6.90. The molecule has 4 aromatic rings. The topological polar surface area (TPSA) is 43.4 Å². The van der Waals surface area contributed by atoms with E-state index in [-0.39, 0.29) is 0 Å². The molecular formula is C18H18N3OS+. The maximum Gasteiger partial charge on any atom is 0.251 e. The van der Waals surface area contributed by atoms with E-state index in [0.29, 0.717) is 6.04 Å². The summed E-state index contributed by atoms with van der Waals surface area (Å²) in [5.41, 5.74) is 2.85. The fourth-order valence-corrected chi connectivity index (χ4v) is 3.79. The smallest absolute Gasteiger partial charge is 0.251 e. The summed E-state index contributed by atoms with van der Waals surface area (Å²) < 4.78 is 7.07. The number of nitrogens with one attached hydrogen (secondary N) is 1. The Morgan fingerprint density at radius 3 is 2.57 bits per heavy atom. The van der Waals surface area contributed by atoms with Crippen LogP contribution in [0.25, 0.3) is 21.3 Å². The third-order valence-corrected chi connectivity index (χ3v) is 5.41. The number of oxazole rings is 1. The van der Waals surface area contributed by atoms with Gasteiger partial charge in [0.25, 0.3) is 5.89 Å². The molecular weight excluding hydrogens is 306 g/mol. The van der Waals surface area contributed by atoms with Crippen LogP contribution in [-0.2, 0) is 6.54 Å². The molecule has 0 saturated carbocycles. The highest BCUT2D eigenvalue weighted by molar-refractivity contribution is 7.18. The number of thiazole rings is 1. The van der Waals surface area contributed by atoms with Crippen LogP contribution in [0.2, 0.25) is 0 Å². The summed E-state index contributed by atoms with van der Waals surface area (Å²) in [7, 11) is 2.16. The van der Waals surface area contributed by atoms with Crippen molar-refractivity contribution in [3.63, 3.8) is 0 Å². The maximum absolute atomic E-state index is 5.83. The van der Waals surface area contributed by atoms with Gasteiger partial charge in [0.15, 0.2) is 17.1 Å². The third-order valence-electron chi connectivity index (χ3n) is 4.19. The van der Waals surface area contributed by atoms with Crippen molar-refractivity contribution < 1.29 is 9.32 Å². The van der Waals surface area contributed by atoms with Crippen LogP contribution in [0.1, 0.15) is 23.9 Å². The van der Waals surface area contributed by atoms with Crippen molar-refractivity contribution >= 4 is 32.7 Å². The van der Waals surface area contributed by atoms with Gasteiger partial charge < -0.3 is 9.32 Å². The van der Waals surface area contributed by atoms with Gasteiger partial charge in [-0.05, 0) is 31.2 Å². The summed E-state index contributed by atoms with van der Waals surface area (Å²) in [6.45, 7) is 2.95. The van der Waals surface area contributed by atoms with Gasteiger partial charge in [-0.2, -0.15) is 0 Å². The van der Waals surface area contributed by atoms with Crippen LogP contribution in [0, 0.1) is 0 Å². The fraction of sp³-hybridized carbons (Fsp3) is 0.222. The highest BCUT2D eigenvalue weighted by Gasteiger charge is 2.21. The zero-order valence-electron chi connectivity index (χ0n) is 13.1. The number of benzene rings is 2. The molecule has 0 saturated heterocycles. The van der Waals surface area contributed by atoms with Crippen molar-refractivity contribution in [2.75, 3.05) is 7.05 Å². The second-order valence-electron chi connectivity index (χ2n) is 5.84. The van der Waals surface area contributed by atoms with E-state index >= 15 is 0 Å². The molecule has 4 nitrogen and oxygen atoms in total. The van der Waals surface area contributed by atoms with Gasteiger partial charge in [-0.3, -0.25) is 0 Å². The van der Waals surface area contributed by atoms with Crippen molar-refractivity contribution in [1.29, 1.82) is 0 Å². The van der Waals surface area contributed by atoms with Gasteiger partial charge in [0.2, 0.25) is 0 Å². The van der Waals surface area contributed by atoms with Crippen molar-refractivity contribution in [1.82, 2.24) is 9.97 Å². The molecule has 0 amide bonds. The van der Waals surface area contributed by atoms with E-state index in [2.05, 4.69) is 37.2 Å². The van der Waals surface area contributed by atoms with E-state index in [0.717, 1.165) is 34.1 Å². The largest absolute Gasteiger partial charge is 0.435 e. The quantitative estimate of drug-likeness (QED) is 0.627. The SMILES string of the molecule is C[C@@H](c1nc2ccccc2s1)[NH+](C)Cc1nc2ccccc2o1. The molecule has 1 unspecified atom stereocenters. The first-order valence-corrected chi connectivity index (χ1v) is 8.54. The zero-order valence-corrected chi connectivity index (χ0v) is 13.9. The lowest BCUT2D eigenvalue weighted by Crippen LogP contribution is -3.07. The predicted molar refractivity (Wildman–Crippen MR) is 92.6 cm³/mol. The van der Waals surface area contributed by atoms with Gasteiger partial charge in [-0.15, -0.1) is 11.3 Å². The number of para-hydroxylation sites is 3. The minimum Gasteiger partial charge on any atom is -0.435 e. The number of hydrogen-bond donors (Lipinski definition) is 1. The second kappa shape index (κ2) is 5.76. The van der Waals surface area contributed by atoms with Crippen LogP contribution in [0.4, 0.5) is 0 Å². The highest BCUT2D eigenvalue weighted by atomic mass is 32.1. The minimum atomic E-state index is 0.294. The summed E-state index contributed by atoms with van der Waals surface area (Å²) >= 11 is 1.77. The summed E-state index contributed by atoms with van der Waals surface area (Å²) in [5, 5.41) is 1.15. The predicted octanol–water partition coefficient (Wildman–Crippen LogP) is 3.21. The van der Waals surface area contributed by atoms with Gasteiger partial charge in [-0.25, -0.2) is 9.97 Å². The van der Waals surface area contributed by atoms with E-state index in [9.17, 15) is 0 Å². The summed E-state index contributed by atoms with van der Waals surface area (Å²) in [6.07, 6.45) is 0. The zero-order chi connectivity index (χ0) is 15.8. The van der Waals surface area contributed by atoms with E-state index in [1.54, 1.807) is 11.3 Å². The average Bonchev–Trinajstić information content (AvgIpc) is 3.16. The number of quaternary nitrogens is 1. The van der Waals surface area contributed by atoms with Crippen LogP contribution in [0.3, 0.4) is 0 Å². The Morgan fingerprint density at radius 2 is 1.78 bits per heavy atom. The molecule has 4 rings (SSSR count). The molecule has 2 atom stereocenters. The lowest BCUT2D eigenvalue weighted by atomic mass is 10.3. The fourth-order valence-electron chi connectivity index (χ4n) is 2.67. The number of aromatic nitrogens is 2. The molecule has 2 heterocycles. The van der Waals surface area contributed by atoms with Crippen LogP contribution >= 0.6 is 11.3 Å². The van der Waals surface area contributed by atoms with Gasteiger partial charge in [0.05, 0.1) is 17.3 Å². The maximum atomic E-state index is 5.83.